The van der Waals surface area contributed by atoms with Gasteiger partial charge in [-0.05, 0) is 46.2 Å². The molecule has 0 aliphatic carbocycles. The van der Waals surface area contributed by atoms with Crippen LogP contribution >= 0.6 is 11.6 Å². The van der Waals surface area contributed by atoms with E-state index in [9.17, 15) is 4.79 Å². The second kappa shape index (κ2) is 7.66. The summed E-state index contributed by atoms with van der Waals surface area (Å²) in [4.78, 5) is 11.7. The van der Waals surface area contributed by atoms with Crippen LogP contribution in [0.4, 0.5) is 4.79 Å². The highest BCUT2D eigenvalue weighted by molar-refractivity contribution is 6.31. The number of ether oxygens (including phenoxy) is 1. The fourth-order valence-corrected chi connectivity index (χ4v) is 2.15. The summed E-state index contributed by atoms with van der Waals surface area (Å²) in [6.07, 6.45) is -0.401. The van der Waals surface area contributed by atoms with E-state index in [2.05, 4.69) is 10.6 Å². The Labute approximate surface area is 132 Å². The van der Waals surface area contributed by atoms with E-state index in [4.69, 9.17) is 16.3 Å². The summed E-state index contributed by atoms with van der Waals surface area (Å²) in [5, 5.41) is 6.90. The van der Waals surface area contributed by atoms with Crippen LogP contribution in [-0.4, -0.2) is 24.3 Å². The number of benzene rings is 1. The summed E-state index contributed by atoms with van der Waals surface area (Å²) in [5.41, 5.74) is 0.561. The monoisotopic (exact) mass is 312 g/mol. The van der Waals surface area contributed by atoms with Crippen LogP contribution in [0, 0.1) is 0 Å². The van der Waals surface area contributed by atoms with E-state index in [0.717, 1.165) is 10.6 Å². The minimum absolute atomic E-state index is 0.0372. The molecule has 0 aliphatic heterocycles. The molecule has 0 radical (unpaired) electrons. The zero-order chi connectivity index (χ0) is 16.0. The molecule has 0 bridgehead atoms. The lowest BCUT2D eigenvalue weighted by atomic mass is 10.1. The highest BCUT2D eigenvalue weighted by atomic mass is 35.5. The fourth-order valence-electron chi connectivity index (χ4n) is 1.85. The first kappa shape index (κ1) is 17.8. The Balaban J connectivity index is 2.41. The molecule has 0 saturated carbocycles. The van der Waals surface area contributed by atoms with Gasteiger partial charge >= 0.3 is 6.09 Å². The molecule has 1 aromatic carbocycles. The Morgan fingerprint density at radius 2 is 1.90 bits per heavy atom. The van der Waals surface area contributed by atoms with Gasteiger partial charge in [-0.2, -0.15) is 0 Å². The zero-order valence-electron chi connectivity index (χ0n) is 13.4. The number of hydrogen-bond acceptors (Lipinski definition) is 3. The minimum atomic E-state index is -0.484. The van der Waals surface area contributed by atoms with Gasteiger partial charge in [0.25, 0.3) is 0 Å². The first-order chi connectivity index (χ1) is 9.69. The Morgan fingerprint density at radius 1 is 1.29 bits per heavy atom. The van der Waals surface area contributed by atoms with Crippen LogP contribution in [0.3, 0.4) is 0 Å². The Kier molecular flexibility index (Phi) is 6.49. The van der Waals surface area contributed by atoms with Gasteiger partial charge in [-0.25, -0.2) is 4.79 Å². The lowest BCUT2D eigenvalue weighted by Crippen LogP contribution is -2.43. The smallest absolute Gasteiger partial charge is 0.407 e. The van der Waals surface area contributed by atoms with Gasteiger partial charge in [0.15, 0.2) is 0 Å². The third-order valence-corrected chi connectivity index (χ3v) is 3.21. The van der Waals surface area contributed by atoms with Crippen molar-refractivity contribution in [1.29, 1.82) is 0 Å². The summed E-state index contributed by atoms with van der Waals surface area (Å²) < 4.78 is 5.22. The lowest BCUT2D eigenvalue weighted by molar-refractivity contribution is 0.0507. The van der Waals surface area contributed by atoms with E-state index < -0.39 is 11.7 Å². The van der Waals surface area contributed by atoms with Crippen LogP contribution < -0.4 is 10.6 Å². The van der Waals surface area contributed by atoms with Crippen molar-refractivity contribution in [3.05, 3.63) is 34.9 Å². The molecule has 1 aromatic rings. The van der Waals surface area contributed by atoms with Gasteiger partial charge in [-0.15, -0.1) is 0 Å². The second-order valence-electron chi connectivity index (χ2n) is 6.20. The van der Waals surface area contributed by atoms with Gasteiger partial charge in [-0.3, -0.25) is 0 Å². The molecule has 1 amide bonds. The predicted octanol–water partition coefficient (Wildman–Crippen LogP) is 3.90. The van der Waals surface area contributed by atoms with Crippen LogP contribution in [0.1, 0.15) is 46.2 Å². The van der Waals surface area contributed by atoms with Crippen LogP contribution in [0.5, 0.6) is 0 Å². The molecule has 0 spiro atoms. The minimum Gasteiger partial charge on any atom is -0.444 e. The molecule has 1 rings (SSSR count). The van der Waals surface area contributed by atoms with Crippen molar-refractivity contribution >= 4 is 17.7 Å². The average Bonchev–Trinajstić information content (AvgIpc) is 2.34. The summed E-state index contributed by atoms with van der Waals surface area (Å²) in [6.45, 7) is 10.1. The number of hydrogen-bond donors (Lipinski definition) is 2. The molecule has 4 nitrogen and oxygen atoms in total. The average molecular weight is 313 g/mol. The summed E-state index contributed by atoms with van der Waals surface area (Å²) in [7, 11) is 0. The normalized spacial score (nSPS) is 14.4. The SMILES string of the molecule is CC(CNC(C)c1ccccc1Cl)NC(=O)OC(C)(C)C. The number of carbonyl (C=O) groups is 1. The van der Waals surface area contributed by atoms with E-state index in [0.29, 0.717) is 6.54 Å². The summed E-state index contributed by atoms with van der Waals surface area (Å²) >= 11 is 6.16. The van der Waals surface area contributed by atoms with Crippen molar-refractivity contribution in [1.82, 2.24) is 10.6 Å². The van der Waals surface area contributed by atoms with Crippen LogP contribution in [0.2, 0.25) is 5.02 Å². The van der Waals surface area contributed by atoms with E-state index >= 15 is 0 Å². The van der Waals surface area contributed by atoms with E-state index in [1.54, 1.807) is 0 Å². The molecule has 118 valence electrons. The third-order valence-electron chi connectivity index (χ3n) is 2.87. The Bertz CT molecular complexity index is 472. The van der Waals surface area contributed by atoms with Crippen molar-refractivity contribution in [3.63, 3.8) is 0 Å². The first-order valence-electron chi connectivity index (χ1n) is 7.16. The lowest BCUT2D eigenvalue weighted by Gasteiger charge is -2.23. The van der Waals surface area contributed by atoms with Gasteiger partial charge in [0.2, 0.25) is 0 Å². The van der Waals surface area contributed by atoms with Crippen LogP contribution in [0.25, 0.3) is 0 Å². The van der Waals surface area contributed by atoms with Crippen molar-refractivity contribution in [3.8, 4) is 0 Å². The zero-order valence-corrected chi connectivity index (χ0v) is 14.1. The van der Waals surface area contributed by atoms with Gasteiger partial charge < -0.3 is 15.4 Å². The molecule has 2 atom stereocenters. The maximum atomic E-state index is 11.7. The number of rotatable bonds is 5. The number of alkyl carbamates (subject to hydrolysis) is 1. The second-order valence-corrected chi connectivity index (χ2v) is 6.61. The van der Waals surface area contributed by atoms with Gasteiger partial charge in [-0.1, -0.05) is 29.8 Å². The summed E-state index contributed by atoms with van der Waals surface area (Å²) in [6, 6.07) is 7.81. The third kappa shape index (κ3) is 6.82. The number of amides is 1. The Morgan fingerprint density at radius 3 is 2.48 bits per heavy atom. The van der Waals surface area contributed by atoms with E-state index in [-0.39, 0.29) is 12.1 Å². The maximum absolute atomic E-state index is 11.7. The number of halogens is 1. The van der Waals surface area contributed by atoms with Crippen molar-refractivity contribution in [2.24, 2.45) is 0 Å². The van der Waals surface area contributed by atoms with E-state index in [1.165, 1.54) is 0 Å². The molecular formula is C16H25ClN2O2. The molecule has 0 heterocycles. The molecule has 0 fully saturated rings. The fraction of sp³-hybridized carbons (Fsp3) is 0.562. The molecule has 0 aliphatic rings. The molecule has 2 N–H and O–H groups in total. The predicted molar refractivity (Wildman–Crippen MR) is 86.7 cm³/mol. The number of carbonyl (C=O) groups excluding carboxylic acids is 1. The largest absolute Gasteiger partial charge is 0.444 e. The van der Waals surface area contributed by atoms with Crippen molar-refractivity contribution in [2.75, 3.05) is 6.54 Å². The molecule has 0 saturated heterocycles. The molecular weight excluding hydrogens is 288 g/mol. The Hall–Kier alpha value is -1.26. The molecule has 5 heteroatoms. The highest BCUT2D eigenvalue weighted by Crippen LogP contribution is 2.21. The van der Waals surface area contributed by atoms with Crippen LogP contribution in [0.15, 0.2) is 24.3 Å². The standard InChI is InChI=1S/C16H25ClN2O2/c1-11(19-15(20)21-16(3,4)5)10-18-12(2)13-8-6-7-9-14(13)17/h6-9,11-12,18H,10H2,1-5H3,(H,19,20). The summed E-state index contributed by atoms with van der Waals surface area (Å²) in [5.74, 6) is 0. The first-order valence-corrected chi connectivity index (χ1v) is 7.54. The molecule has 2 unspecified atom stereocenters. The highest BCUT2D eigenvalue weighted by Gasteiger charge is 2.18. The van der Waals surface area contributed by atoms with Crippen molar-refractivity contribution in [2.45, 2.75) is 52.3 Å². The molecule has 21 heavy (non-hydrogen) atoms. The van der Waals surface area contributed by atoms with Gasteiger partial charge in [0.1, 0.15) is 5.60 Å². The van der Waals surface area contributed by atoms with E-state index in [1.807, 2.05) is 58.9 Å². The van der Waals surface area contributed by atoms with Crippen LogP contribution in [-0.2, 0) is 4.74 Å². The number of nitrogens with one attached hydrogen (secondary N) is 2. The quantitative estimate of drug-likeness (QED) is 0.867. The molecule has 0 aromatic heterocycles. The van der Waals surface area contributed by atoms with Crippen molar-refractivity contribution < 1.29 is 9.53 Å². The maximum Gasteiger partial charge on any atom is 0.407 e. The topological polar surface area (TPSA) is 50.4 Å². The van der Waals surface area contributed by atoms with Gasteiger partial charge in [0.05, 0.1) is 0 Å². The van der Waals surface area contributed by atoms with Gasteiger partial charge in [0, 0.05) is 23.7 Å².